The van der Waals surface area contributed by atoms with Gasteiger partial charge in [-0.2, -0.15) is 0 Å². The number of ether oxygens (including phenoxy) is 1. The molecule has 1 atom stereocenters. The minimum atomic E-state index is -0.656. The Bertz CT molecular complexity index is 820. The van der Waals surface area contributed by atoms with Crippen molar-refractivity contribution in [3.05, 3.63) is 53.1 Å². The summed E-state index contributed by atoms with van der Waals surface area (Å²) in [5.41, 5.74) is 2.52. The fourth-order valence-corrected chi connectivity index (χ4v) is 3.08. The predicted octanol–water partition coefficient (Wildman–Crippen LogP) is 4.18. The smallest absolute Gasteiger partial charge is 0.265 e. The standard InChI is InChI=1S/C20H21ClN2O3/c1-13-12-16(7-10-18(13)23-11-3-4-19(23)24)22-20(25)14(2)26-17-8-5-15(21)6-9-17/h5-10,12,14H,3-4,11H2,1-2H3,(H,22,25)/t14-/m0/s1. The zero-order chi connectivity index (χ0) is 18.7. The molecule has 3 rings (SSSR count). The maximum Gasteiger partial charge on any atom is 0.265 e. The van der Waals surface area contributed by atoms with Crippen LogP contribution in [0.1, 0.15) is 25.3 Å². The second-order valence-corrected chi connectivity index (χ2v) is 6.79. The fraction of sp³-hybridized carbons (Fsp3) is 0.300. The third kappa shape index (κ3) is 4.17. The summed E-state index contributed by atoms with van der Waals surface area (Å²) in [5, 5.41) is 3.46. The third-order valence-electron chi connectivity index (χ3n) is 4.32. The summed E-state index contributed by atoms with van der Waals surface area (Å²) in [6.07, 6.45) is 0.824. The average molecular weight is 373 g/mol. The van der Waals surface area contributed by atoms with Gasteiger partial charge in [-0.05, 0) is 68.3 Å². The molecule has 26 heavy (non-hydrogen) atoms. The number of carbonyl (C=O) groups is 2. The lowest BCUT2D eigenvalue weighted by molar-refractivity contribution is -0.122. The van der Waals surface area contributed by atoms with Gasteiger partial charge < -0.3 is 15.0 Å². The van der Waals surface area contributed by atoms with Crippen molar-refractivity contribution < 1.29 is 14.3 Å². The molecule has 1 fully saturated rings. The molecule has 1 aliphatic rings. The largest absolute Gasteiger partial charge is 0.481 e. The summed E-state index contributed by atoms with van der Waals surface area (Å²) in [7, 11) is 0. The first kappa shape index (κ1) is 18.3. The van der Waals surface area contributed by atoms with Gasteiger partial charge in [0, 0.05) is 29.4 Å². The van der Waals surface area contributed by atoms with E-state index in [1.54, 1.807) is 42.2 Å². The maximum absolute atomic E-state index is 12.4. The quantitative estimate of drug-likeness (QED) is 0.856. The molecule has 1 N–H and O–H groups in total. The van der Waals surface area contributed by atoms with Crippen molar-refractivity contribution in [2.24, 2.45) is 0 Å². The molecule has 5 nitrogen and oxygen atoms in total. The molecule has 0 bridgehead atoms. The number of hydrogen-bond acceptors (Lipinski definition) is 3. The van der Waals surface area contributed by atoms with Crippen molar-refractivity contribution in [2.75, 3.05) is 16.8 Å². The molecular weight excluding hydrogens is 352 g/mol. The number of rotatable bonds is 5. The van der Waals surface area contributed by atoms with E-state index in [-0.39, 0.29) is 11.8 Å². The molecule has 0 radical (unpaired) electrons. The topological polar surface area (TPSA) is 58.6 Å². The average Bonchev–Trinajstić information content (AvgIpc) is 3.03. The molecule has 2 amide bonds. The van der Waals surface area contributed by atoms with Gasteiger partial charge in [0.2, 0.25) is 5.91 Å². The van der Waals surface area contributed by atoms with E-state index in [1.807, 2.05) is 19.1 Å². The molecule has 0 aromatic heterocycles. The number of hydrogen-bond donors (Lipinski definition) is 1. The van der Waals surface area contributed by atoms with Crippen molar-refractivity contribution in [3.8, 4) is 5.75 Å². The van der Waals surface area contributed by atoms with E-state index in [1.165, 1.54) is 0 Å². The van der Waals surface area contributed by atoms with E-state index in [0.717, 1.165) is 24.2 Å². The van der Waals surface area contributed by atoms with Gasteiger partial charge in [-0.25, -0.2) is 0 Å². The molecule has 1 saturated heterocycles. The van der Waals surface area contributed by atoms with Crippen LogP contribution in [0.2, 0.25) is 5.02 Å². The van der Waals surface area contributed by atoms with Gasteiger partial charge >= 0.3 is 0 Å². The molecule has 1 aliphatic heterocycles. The number of benzene rings is 2. The van der Waals surface area contributed by atoms with Crippen molar-refractivity contribution >= 4 is 34.8 Å². The molecule has 0 spiro atoms. The highest BCUT2D eigenvalue weighted by molar-refractivity contribution is 6.30. The molecule has 0 unspecified atom stereocenters. The Hall–Kier alpha value is -2.53. The first-order valence-electron chi connectivity index (χ1n) is 8.58. The third-order valence-corrected chi connectivity index (χ3v) is 4.58. The van der Waals surface area contributed by atoms with E-state index in [9.17, 15) is 9.59 Å². The Morgan fingerprint density at radius 3 is 2.58 bits per heavy atom. The summed E-state index contributed by atoms with van der Waals surface area (Å²) in [5.74, 6) is 0.482. The van der Waals surface area contributed by atoms with Gasteiger partial charge in [0.1, 0.15) is 5.75 Å². The highest BCUT2D eigenvalue weighted by atomic mass is 35.5. The van der Waals surface area contributed by atoms with E-state index in [4.69, 9.17) is 16.3 Å². The van der Waals surface area contributed by atoms with Gasteiger partial charge in [-0.15, -0.1) is 0 Å². The zero-order valence-electron chi connectivity index (χ0n) is 14.8. The molecule has 2 aromatic carbocycles. The zero-order valence-corrected chi connectivity index (χ0v) is 15.5. The summed E-state index contributed by atoms with van der Waals surface area (Å²) >= 11 is 5.84. The highest BCUT2D eigenvalue weighted by Crippen LogP contribution is 2.27. The maximum atomic E-state index is 12.4. The van der Waals surface area contributed by atoms with Gasteiger partial charge in [0.05, 0.1) is 0 Å². The SMILES string of the molecule is Cc1cc(NC(=O)[C@H](C)Oc2ccc(Cl)cc2)ccc1N1CCCC1=O. The number of nitrogens with one attached hydrogen (secondary N) is 1. The van der Waals surface area contributed by atoms with Crippen LogP contribution in [-0.2, 0) is 9.59 Å². The van der Waals surface area contributed by atoms with Crippen LogP contribution in [0.3, 0.4) is 0 Å². The van der Waals surface area contributed by atoms with E-state index in [2.05, 4.69) is 5.32 Å². The first-order chi connectivity index (χ1) is 12.4. The van der Waals surface area contributed by atoms with E-state index >= 15 is 0 Å². The van der Waals surface area contributed by atoms with Crippen LogP contribution in [0.4, 0.5) is 11.4 Å². The lowest BCUT2D eigenvalue weighted by Crippen LogP contribution is -2.30. The Morgan fingerprint density at radius 1 is 1.23 bits per heavy atom. The van der Waals surface area contributed by atoms with Crippen LogP contribution in [0.15, 0.2) is 42.5 Å². The first-order valence-corrected chi connectivity index (χ1v) is 8.96. The number of nitrogens with zero attached hydrogens (tertiary/aromatic N) is 1. The summed E-state index contributed by atoms with van der Waals surface area (Å²) < 4.78 is 5.63. The fourth-order valence-electron chi connectivity index (χ4n) is 2.95. The monoisotopic (exact) mass is 372 g/mol. The lowest BCUT2D eigenvalue weighted by atomic mass is 10.1. The molecule has 1 heterocycles. The molecule has 136 valence electrons. The van der Waals surface area contributed by atoms with Crippen molar-refractivity contribution in [1.29, 1.82) is 0 Å². The Kier molecular flexibility index (Phi) is 5.47. The Morgan fingerprint density at radius 2 is 1.96 bits per heavy atom. The van der Waals surface area contributed by atoms with Gasteiger partial charge in [0.15, 0.2) is 6.10 Å². The van der Waals surface area contributed by atoms with Crippen LogP contribution in [0, 0.1) is 6.92 Å². The number of anilines is 2. The van der Waals surface area contributed by atoms with Gasteiger partial charge in [-0.1, -0.05) is 11.6 Å². The predicted molar refractivity (Wildman–Crippen MR) is 103 cm³/mol. The summed E-state index contributed by atoms with van der Waals surface area (Å²) in [6.45, 7) is 4.37. The van der Waals surface area contributed by atoms with Crippen molar-refractivity contribution in [2.45, 2.75) is 32.8 Å². The van der Waals surface area contributed by atoms with E-state index in [0.29, 0.717) is 22.9 Å². The van der Waals surface area contributed by atoms with Crippen LogP contribution >= 0.6 is 11.6 Å². The Balaban J connectivity index is 1.64. The van der Waals surface area contributed by atoms with Crippen LogP contribution in [0.5, 0.6) is 5.75 Å². The summed E-state index contributed by atoms with van der Waals surface area (Å²) in [4.78, 5) is 26.1. The second kappa shape index (κ2) is 7.79. The van der Waals surface area contributed by atoms with E-state index < -0.39 is 6.10 Å². The minimum absolute atomic E-state index is 0.148. The number of aryl methyl sites for hydroxylation is 1. The van der Waals surface area contributed by atoms with Crippen LogP contribution in [0.25, 0.3) is 0 Å². The number of halogens is 1. The van der Waals surface area contributed by atoms with Gasteiger partial charge in [0.25, 0.3) is 5.91 Å². The second-order valence-electron chi connectivity index (χ2n) is 6.35. The molecular formula is C20H21ClN2O3. The number of carbonyl (C=O) groups excluding carboxylic acids is 2. The lowest BCUT2D eigenvalue weighted by Gasteiger charge is -2.20. The molecule has 0 aliphatic carbocycles. The molecule has 0 saturated carbocycles. The molecule has 2 aromatic rings. The Labute approximate surface area is 157 Å². The van der Waals surface area contributed by atoms with Crippen molar-refractivity contribution in [1.82, 2.24) is 0 Å². The normalized spacial score (nSPS) is 15.0. The van der Waals surface area contributed by atoms with Crippen LogP contribution in [-0.4, -0.2) is 24.5 Å². The van der Waals surface area contributed by atoms with Crippen LogP contribution < -0.4 is 15.0 Å². The highest BCUT2D eigenvalue weighted by Gasteiger charge is 2.23. The number of amides is 2. The summed E-state index contributed by atoms with van der Waals surface area (Å²) in [6, 6.07) is 12.4. The van der Waals surface area contributed by atoms with Crippen molar-refractivity contribution in [3.63, 3.8) is 0 Å². The molecule has 6 heteroatoms. The van der Waals surface area contributed by atoms with Gasteiger partial charge in [-0.3, -0.25) is 9.59 Å². The minimum Gasteiger partial charge on any atom is -0.481 e.